The molecule has 14 heteroatoms. The Balaban J connectivity index is 0.00000552. The fourth-order valence-electron chi connectivity index (χ4n) is 5.05. The van der Waals surface area contributed by atoms with Gasteiger partial charge in [0.1, 0.15) is 17.4 Å². The molecule has 1 aromatic heterocycles. The molecule has 45 heavy (non-hydrogen) atoms. The van der Waals surface area contributed by atoms with Crippen molar-refractivity contribution in [3.8, 4) is 17.2 Å². The van der Waals surface area contributed by atoms with E-state index in [1.807, 2.05) is 19.9 Å². The number of aryl methyl sites for hydroxylation is 1. The van der Waals surface area contributed by atoms with Gasteiger partial charge in [-0.05, 0) is 59.2 Å². The van der Waals surface area contributed by atoms with Crippen LogP contribution in [0.1, 0.15) is 49.2 Å². The monoisotopic (exact) mass is 634 g/mol. The summed E-state index contributed by atoms with van der Waals surface area (Å²) in [5.41, 5.74) is 4.31. The van der Waals surface area contributed by atoms with E-state index in [0.29, 0.717) is 12.0 Å². The Hall–Kier alpha value is -3.59. The zero-order valence-electron chi connectivity index (χ0n) is 26.1. The first-order chi connectivity index (χ1) is 20.6. The quantitative estimate of drug-likeness (QED) is 0.148. The number of carbonyl (C=O) groups excluding carboxylic acids is 2. The molecule has 2 aromatic carbocycles. The number of nitrogens with two attached hydrogens (primary N) is 1. The number of aliphatic hydroxyl groups is 1. The van der Waals surface area contributed by atoms with Crippen LogP contribution in [0.15, 0.2) is 51.2 Å². The fraction of sp³-hybridized carbons (Fsp3) is 0.387. The molecule has 0 aliphatic carbocycles. The van der Waals surface area contributed by atoms with Crippen molar-refractivity contribution >= 4 is 28.7 Å². The number of hydrogen-bond acceptors (Lipinski definition) is 11. The predicted octanol–water partition coefficient (Wildman–Crippen LogP) is -0.000880. The summed E-state index contributed by atoms with van der Waals surface area (Å²) in [5, 5.41) is 36.6. The van der Waals surface area contributed by atoms with Crippen LogP contribution in [0.2, 0.25) is 0 Å². The molecule has 236 valence electrons. The van der Waals surface area contributed by atoms with Gasteiger partial charge in [-0.2, -0.15) is 0 Å². The third kappa shape index (κ3) is 7.63. The minimum atomic E-state index is -1.52. The summed E-state index contributed by atoms with van der Waals surface area (Å²) in [6.45, 7) is 8.63. The number of anilines is 1. The molecule has 2 amide bonds. The summed E-state index contributed by atoms with van der Waals surface area (Å²) in [6.07, 6.45) is -3.93. The number of primary amides is 1. The number of nitrogens with one attached hydrogen (secondary N) is 1. The van der Waals surface area contributed by atoms with Crippen LogP contribution in [-0.4, -0.2) is 59.5 Å². The molecule has 0 bridgehead atoms. The van der Waals surface area contributed by atoms with E-state index in [1.165, 1.54) is 37.4 Å². The Morgan fingerprint density at radius 3 is 2.51 bits per heavy atom. The smallest absolute Gasteiger partial charge is 0.872 e. The van der Waals surface area contributed by atoms with Crippen LogP contribution in [0.25, 0.3) is 11.0 Å². The number of aromatic hydroxyl groups is 1. The van der Waals surface area contributed by atoms with Gasteiger partial charge in [0.05, 0.1) is 11.0 Å². The van der Waals surface area contributed by atoms with E-state index in [0.717, 1.165) is 5.57 Å². The topological polar surface area (TPSA) is 203 Å². The Morgan fingerprint density at radius 2 is 1.89 bits per heavy atom. The molecule has 1 aliphatic rings. The van der Waals surface area contributed by atoms with Crippen molar-refractivity contribution in [2.24, 2.45) is 5.73 Å². The summed E-state index contributed by atoms with van der Waals surface area (Å²) in [6, 6.07) is 6.87. The minimum absolute atomic E-state index is 0. The number of amides is 2. The van der Waals surface area contributed by atoms with Gasteiger partial charge in [-0.25, -0.2) is 9.59 Å². The molecule has 0 saturated carbocycles. The van der Waals surface area contributed by atoms with Crippen LogP contribution in [0, 0.1) is 6.92 Å². The number of aliphatic hydroxyl groups excluding tert-OH is 1. The number of fused-ring (bicyclic) bond motifs is 1. The molecule has 0 unspecified atom stereocenters. The number of rotatable bonds is 8. The van der Waals surface area contributed by atoms with Crippen LogP contribution < -0.4 is 56.1 Å². The van der Waals surface area contributed by atoms with E-state index in [-0.39, 0.29) is 63.2 Å². The Labute approximate surface area is 281 Å². The molecule has 1 fully saturated rings. The molecule has 13 nitrogen and oxygen atoms in total. The van der Waals surface area contributed by atoms with Crippen molar-refractivity contribution in [3.05, 3.63) is 69.1 Å². The molecule has 4 rings (SSSR count). The van der Waals surface area contributed by atoms with Gasteiger partial charge in [0.2, 0.25) is 6.29 Å². The molecule has 3 aromatic rings. The molecule has 4 atom stereocenters. The SMILES string of the molecule is CO[C@H]1[C@@H](OC(N)=O)[C@H](O)[C@H](Oc2ccc3c(O)c(NC(=O)c4ccc([O-])c(CC=C(C)C)c4)c(=O)oc3c2C)OC1(C)C.[Na+]. The predicted molar refractivity (Wildman–Crippen MR) is 157 cm³/mol. The minimum Gasteiger partial charge on any atom is -0.872 e. The maximum absolute atomic E-state index is 13.0. The Morgan fingerprint density at radius 1 is 1.20 bits per heavy atom. The van der Waals surface area contributed by atoms with Gasteiger partial charge in [-0.3, -0.25) is 4.79 Å². The Bertz CT molecular complexity index is 1680. The number of allylic oxidation sites excluding steroid dienone is 2. The largest absolute Gasteiger partial charge is 1.00 e. The van der Waals surface area contributed by atoms with Crippen LogP contribution in [0.4, 0.5) is 10.5 Å². The molecule has 5 N–H and O–H groups in total. The van der Waals surface area contributed by atoms with Gasteiger partial charge in [0.25, 0.3) is 5.91 Å². The van der Waals surface area contributed by atoms with E-state index in [2.05, 4.69) is 5.32 Å². The van der Waals surface area contributed by atoms with E-state index in [9.17, 15) is 29.7 Å². The van der Waals surface area contributed by atoms with Gasteiger partial charge in [-0.15, -0.1) is 5.75 Å². The van der Waals surface area contributed by atoms with E-state index in [1.54, 1.807) is 20.8 Å². The van der Waals surface area contributed by atoms with Crippen LogP contribution in [0.3, 0.4) is 0 Å². The van der Waals surface area contributed by atoms with Crippen LogP contribution >= 0.6 is 0 Å². The van der Waals surface area contributed by atoms with Crippen molar-refractivity contribution in [3.63, 3.8) is 0 Å². The summed E-state index contributed by atoms with van der Waals surface area (Å²) in [4.78, 5) is 37.5. The van der Waals surface area contributed by atoms with Crippen LogP contribution in [-0.2, 0) is 20.6 Å². The molecule has 1 aliphatic heterocycles. The van der Waals surface area contributed by atoms with Gasteiger partial charge >= 0.3 is 41.3 Å². The Kier molecular flexibility index (Phi) is 11.3. The first-order valence-electron chi connectivity index (χ1n) is 13.7. The second-order valence-corrected chi connectivity index (χ2v) is 11.2. The zero-order chi connectivity index (χ0) is 32.5. The average Bonchev–Trinajstić information content (AvgIpc) is 2.94. The molecule has 0 spiro atoms. The standard InChI is InChI=1S/C31H36N2O11.Na/c1-14(2)7-8-16-13-17(9-11-19(16)34)27(37)33-21-22(35)18-10-12-20(15(3)24(18)42-28(21)38)41-29-23(36)25(43-30(32)39)26(40-6)31(4,5)44-29;/h7,9-13,23,25-26,29,34-36H,8H2,1-6H3,(H2,32,39)(H,33,37);/q;+1/p-1/t23-,25-,26-,29+;/m0./s1. The van der Waals surface area contributed by atoms with Crippen molar-refractivity contribution in [1.29, 1.82) is 0 Å². The summed E-state index contributed by atoms with van der Waals surface area (Å²) >= 11 is 0. The second-order valence-electron chi connectivity index (χ2n) is 11.2. The average molecular weight is 635 g/mol. The molecular weight excluding hydrogens is 599 g/mol. The summed E-state index contributed by atoms with van der Waals surface area (Å²) in [5.74, 6) is -1.38. The van der Waals surface area contributed by atoms with Crippen LogP contribution in [0.5, 0.6) is 17.2 Å². The number of methoxy groups -OCH3 is 1. The van der Waals surface area contributed by atoms with E-state index in [4.69, 9.17) is 29.1 Å². The van der Waals surface area contributed by atoms with Crippen molar-refractivity contribution in [2.75, 3.05) is 12.4 Å². The van der Waals surface area contributed by atoms with E-state index >= 15 is 0 Å². The van der Waals surface area contributed by atoms with Gasteiger partial charge in [0.15, 0.2) is 23.6 Å². The summed E-state index contributed by atoms with van der Waals surface area (Å²) < 4.78 is 27.8. The fourth-order valence-corrected chi connectivity index (χ4v) is 5.05. The first kappa shape index (κ1) is 35.9. The van der Waals surface area contributed by atoms with Gasteiger partial charge in [-0.1, -0.05) is 29.3 Å². The molecule has 1 saturated heterocycles. The molecule has 0 radical (unpaired) electrons. The molecule has 2 heterocycles. The second kappa shape index (κ2) is 14.2. The maximum Gasteiger partial charge on any atom is 1.00 e. The zero-order valence-corrected chi connectivity index (χ0v) is 28.1. The van der Waals surface area contributed by atoms with E-state index < -0.39 is 59.3 Å². The number of benzene rings is 2. The number of carbonyl (C=O) groups is 2. The number of hydrogen-bond donors (Lipinski definition) is 4. The van der Waals surface area contributed by atoms with Crippen molar-refractivity contribution < 1.29 is 77.8 Å². The van der Waals surface area contributed by atoms with Gasteiger partial charge < -0.3 is 49.7 Å². The molecular formula is C31H35N2NaO11. The third-order valence-electron chi connectivity index (χ3n) is 7.31. The third-order valence-corrected chi connectivity index (χ3v) is 7.31. The normalized spacial score (nSPS) is 20.5. The maximum atomic E-state index is 13.0. The first-order valence-corrected chi connectivity index (χ1v) is 13.7. The van der Waals surface area contributed by atoms with Crippen molar-refractivity contribution in [1.82, 2.24) is 0 Å². The number of ether oxygens (including phenoxy) is 4. The van der Waals surface area contributed by atoms with Crippen molar-refractivity contribution in [2.45, 2.75) is 71.2 Å². The summed E-state index contributed by atoms with van der Waals surface area (Å²) in [7, 11) is 1.37. The van der Waals surface area contributed by atoms with Gasteiger partial charge in [0, 0.05) is 18.2 Å².